The van der Waals surface area contributed by atoms with E-state index in [-0.39, 0.29) is 0 Å². The summed E-state index contributed by atoms with van der Waals surface area (Å²) in [6, 6.07) is 15.5. The molecule has 2 aliphatic heterocycles. The number of benzene rings is 2. The summed E-state index contributed by atoms with van der Waals surface area (Å²) in [6.45, 7) is 11.5. The Labute approximate surface area is 180 Å². The van der Waals surface area contributed by atoms with E-state index >= 15 is 0 Å². The molecule has 2 aliphatic rings. The Morgan fingerprint density at radius 2 is 1.60 bits per heavy atom. The van der Waals surface area contributed by atoms with Crippen LogP contribution in [0, 0.1) is 0 Å². The summed E-state index contributed by atoms with van der Waals surface area (Å²) < 4.78 is 33.6. The van der Waals surface area contributed by atoms with Gasteiger partial charge >= 0.3 is 0 Å². The van der Waals surface area contributed by atoms with E-state index < -0.39 is 15.6 Å². The second-order valence-corrected chi connectivity index (χ2v) is 10.2. The predicted molar refractivity (Wildman–Crippen MR) is 120 cm³/mol. The van der Waals surface area contributed by atoms with Crippen LogP contribution in [0.15, 0.2) is 53.4 Å². The third-order valence-electron chi connectivity index (χ3n) is 6.24. The smallest absolute Gasteiger partial charge is 0.244 e. The lowest BCUT2D eigenvalue weighted by Gasteiger charge is -2.38. The quantitative estimate of drug-likeness (QED) is 0.706. The minimum absolute atomic E-state index is 0.451. The zero-order valence-corrected chi connectivity index (χ0v) is 18.9. The first kappa shape index (κ1) is 21.2. The molecule has 1 fully saturated rings. The predicted octanol–water partition coefficient (Wildman–Crippen LogP) is 3.15. The summed E-state index contributed by atoms with van der Waals surface area (Å²) >= 11 is 0. The zero-order valence-electron chi connectivity index (χ0n) is 18.0. The van der Waals surface area contributed by atoms with Crippen LogP contribution >= 0.6 is 0 Å². The number of para-hydroxylation sites is 2. The second-order valence-electron chi connectivity index (χ2n) is 8.36. The Balaban J connectivity index is 1.39. The molecule has 2 heterocycles. The number of sulfonamides is 1. The van der Waals surface area contributed by atoms with E-state index in [0.717, 1.165) is 49.7 Å². The molecule has 6 nitrogen and oxygen atoms in total. The molecule has 0 aliphatic carbocycles. The first-order valence-electron chi connectivity index (χ1n) is 10.7. The number of ether oxygens (including phenoxy) is 1. The highest BCUT2D eigenvalue weighted by atomic mass is 32.2. The summed E-state index contributed by atoms with van der Waals surface area (Å²) in [6.07, 6.45) is 0. The van der Waals surface area contributed by atoms with Crippen LogP contribution < -0.4 is 9.64 Å². The van der Waals surface area contributed by atoms with Crippen LogP contribution in [0.25, 0.3) is 0 Å². The van der Waals surface area contributed by atoms with Crippen molar-refractivity contribution in [2.24, 2.45) is 0 Å². The molecule has 0 aromatic heterocycles. The Morgan fingerprint density at radius 3 is 2.30 bits per heavy atom. The number of rotatable bonds is 6. The molecule has 0 unspecified atom stereocenters. The Kier molecular flexibility index (Phi) is 5.79. The monoisotopic (exact) mass is 429 g/mol. The first-order chi connectivity index (χ1) is 14.4. The van der Waals surface area contributed by atoms with Gasteiger partial charge in [-0.3, -0.25) is 4.90 Å². The Morgan fingerprint density at radius 1 is 0.933 bits per heavy atom. The molecule has 0 radical (unpaired) electrons. The average molecular weight is 430 g/mol. The number of nitrogens with zero attached hydrogens (tertiary/aromatic N) is 3. The van der Waals surface area contributed by atoms with Crippen molar-refractivity contribution in [1.82, 2.24) is 9.21 Å². The van der Waals surface area contributed by atoms with E-state index in [1.807, 2.05) is 51.1 Å². The van der Waals surface area contributed by atoms with Crippen molar-refractivity contribution in [2.45, 2.75) is 31.2 Å². The number of hydrogen-bond acceptors (Lipinski definition) is 5. The maximum absolute atomic E-state index is 13.1. The fourth-order valence-corrected chi connectivity index (χ4v) is 6.70. The van der Waals surface area contributed by atoms with Crippen molar-refractivity contribution in [2.75, 3.05) is 50.8 Å². The molecular formula is C23H31N3O3S. The molecule has 4 rings (SSSR count). The van der Waals surface area contributed by atoms with E-state index in [2.05, 4.69) is 15.9 Å². The fourth-order valence-electron chi connectivity index (χ4n) is 4.59. The van der Waals surface area contributed by atoms with Gasteiger partial charge in [0.2, 0.25) is 10.0 Å². The van der Waals surface area contributed by atoms with Gasteiger partial charge in [-0.25, -0.2) is 8.42 Å². The highest BCUT2D eigenvalue weighted by Crippen LogP contribution is 2.43. The van der Waals surface area contributed by atoms with Crippen LogP contribution in [-0.4, -0.2) is 63.5 Å². The summed E-state index contributed by atoms with van der Waals surface area (Å²) in [7, 11) is -3.44. The molecule has 2 aromatic rings. The fraction of sp³-hybridized carbons (Fsp3) is 0.478. The van der Waals surface area contributed by atoms with Crippen LogP contribution in [0.4, 0.5) is 5.69 Å². The summed E-state index contributed by atoms with van der Waals surface area (Å²) in [4.78, 5) is 5.16. The van der Waals surface area contributed by atoms with Gasteiger partial charge < -0.3 is 9.64 Å². The van der Waals surface area contributed by atoms with E-state index in [0.29, 0.717) is 18.0 Å². The minimum Gasteiger partial charge on any atom is -0.492 e. The number of hydrogen-bond donors (Lipinski definition) is 0. The first-order valence-corrected chi connectivity index (χ1v) is 12.1. The van der Waals surface area contributed by atoms with Crippen molar-refractivity contribution in [3.8, 4) is 5.75 Å². The highest BCUT2D eigenvalue weighted by Gasteiger charge is 2.47. The zero-order chi connectivity index (χ0) is 21.4. The van der Waals surface area contributed by atoms with Crippen molar-refractivity contribution in [1.29, 1.82) is 0 Å². The second kappa shape index (κ2) is 8.21. The van der Waals surface area contributed by atoms with Gasteiger partial charge in [-0.1, -0.05) is 30.3 Å². The van der Waals surface area contributed by atoms with Gasteiger partial charge in [0.15, 0.2) is 0 Å². The van der Waals surface area contributed by atoms with Gasteiger partial charge in [-0.15, -0.1) is 0 Å². The third-order valence-corrected chi connectivity index (χ3v) is 8.37. The summed E-state index contributed by atoms with van der Waals surface area (Å²) in [5.74, 6) is 0.927. The van der Waals surface area contributed by atoms with Crippen molar-refractivity contribution in [3.05, 3.63) is 54.1 Å². The van der Waals surface area contributed by atoms with Crippen LogP contribution in [0.5, 0.6) is 5.75 Å². The standard InChI is InChI=1S/C23H31N3O3S/c1-4-29-21-11-7-6-10-20(21)25-16-13-24(14-17-25)15-18-26-23(2,3)19-9-5-8-12-22(19)30(26,27)28/h5-12H,4,13-18H2,1-3H3. The van der Waals surface area contributed by atoms with Gasteiger partial charge in [0.1, 0.15) is 5.75 Å². The number of piperazine rings is 1. The highest BCUT2D eigenvalue weighted by molar-refractivity contribution is 7.89. The van der Waals surface area contributed by atoms with E-state index in [9.17, 15) is 8.42 Å². The molecule has 1 saturated heterocycles. The minimum atomic E-state index is -3.44. The molecule has 0 atom stereocenters. The molecule has 30 heavy (non-hydrogen) atoms. The molecule has 0 spiro atoms. The normalized spacial score (nSPS) is 20.8. The van der Waals surface area contributed by atoms with E-state index in [1.54, 1.807) is 16.4 Å². The third kappa shape index (κ3) is 3.70. The lowest BCUT2D eigenvalue weighted by Crippen LogP contribution is -2.50. The van der Waals surface area contributed by atoms with Crippen LogP contribution in [0.1, 0.15) is 26.3 Å². The summed E-state index contributed by atoms with van der Waals surface area (Å²) in [5, 5.41) is 0. The van der Waals surface area contributed by atoms with Crippen LogP contribution in [0.2, 0.25) is 0 Å². The lowest BCUT2D eigenvalue weighted by atomic mass is 9.94. The maximum atomic E-state index is 13.1. The SMILES string of the molecule is CCOc1ccccc1N1CCN(CCN2C(C)(C)c3ccccc3S2(=O)=O)CC1. The van der Waals surface area contributed by atoms with Crippen LogP contribution in [-0.2, 0) is 15.6 Å². The van der Waals surface area contributed by atoms with E-state index in [4.69, 9.17) is 4.74 Å². The lowest BCUT2D eigenvalue weighted by molar-refractivity contribution is 0.189. The molecule has 0 amide bonds. The topological polar surface area (TPSA) is 53.1 Å². The maximum Gasteiger partial charge on any atom is 0.244 e. The van der Waals surface area contributed by atoms with Crippen molar-refractivity contribution >= 4 is 15.7 Å². The van der Waals surface area contributed by atoms with Crippen molar-refractivity contribution in [3.63, 3.8) is 0 Å². The van der Waals surface area contributed by atoms with Gasteiger partial charge in [0.05, 0.1) is 22.7 Å². The Bertz CT molecular complexity index is 998. The number of fused-ring (bicyclic) bond motifs is 1. The Hall–Kier alpha value is -2.09. The van der Waals surface area contributed by atoms with E-state index in [1.165, 1.54) is 0 Å². The summed E-state index contributed by atoms with van der Waals surface area (Å²) in [5.41, 5.74) is 1.51. The van der Waals surface area contributed by atoms with Gasteiger partial charge in [0, 0.05) is 39.3 Å². The molecule has 162 valence electrons. The molecule has 0 bridgehead atoms. The van der Waals surface area contributed by atoms with Gasteiger partial charge in [0.25, 0.3) is 0 Å². The number of anilines is 1. The average Bonchev–Trinajstić information content (AvgIpc) is 2.90. The molecular weight excluding hydrogens is 398 g/mol. The molecule has 7 heteroatoms. The van der Waals surface area contributed by atoms with Crippen molar-refractivity contribution < 1.29 is 13.2 Å². The van der Waals surface area contributed by atoms with Crippen LogP contribution in [0.3, 0.4) is 0 Å². The van der Waals surface area contributed by atoms with Gasteiger partial charge in [-0.2, -0.15) is 4.31 Å². The largest absolute Gasteiger partial charge is 0.492 e. The molecule has 0 N–H and O–H groups in total. The molecule has 0 saturated carbocycles. The molecule has 2 aromatic carbocycles. The van der Waals surface area contributed by atoms with Gasteiger partial charge in [-0.05, 0) is 44.5 Å².